The Balaban J connectivity index is 1.49. The number of aromatic nitrogens is 1. The Morgan fingerprint density at radius 2 is 1.54 bits per heavy atom. The van der Waals surface area contributed by atoms with Crippen LogP contribution in [-0.2, 0) is 24.3 Å². The second kappa shape index (κ2) is 11.2. The van der Waals surface area contributed by atoms with Gasteiger partial charge in [-0.1, -0.05) is 36.4 Å². The molecule has 4 rings (SSSR count). The average molecular weight is 472 g/mol. The minimum Gasteiger partial charge on any atom is -0.352 e. The lowest BCUT2D eigenvalue weighted by Crippen LogP contribution is -2.30. The zero-order valence-corrected chi connectivity index (χ0v) is 18.8. The van der Waals surface area contributed by atoms with Crippen LogP contribution >= 0.6 is 0 Å². The van der Waals surface area contributed by atoms with Crippen molar-refractivity contribution in [2.45, 2.75) is 19.5 Å². The molecule has 0 bridgehead atoms. The summed E-state index contributed by atoms with van der Waals surface area (Å²) >= 11 is 0. The Morgan fingerprint density at radius 1 is 0.800 bits per heavy atom. The summed E-state index contributed by atoms with van der Waals surface area (Å²) < 4.78 is 27.1. The molecule has 0 aliphatic heterocycles. The van der Waals surface area contributed by atoms with E-state index in [1.165, 1.54) is 35.2 Å². The fraction of sp³-hybridized carbons (Fsp3) is 0.107. The van der Waals surface area contributed by atoms with Gasteiger partial charge < -0.3 is 10.2 Å². The van der Waals surface area contributed by atoms with Crippen LogP contribution in [0, 0.1) is 11.6 Å². The van der Waals surface area contributed by atoms with Crippen LogP contribution in [-0.4, -0.2) is 16.8 Å². The zero-order chi connectivity index (χ0) is 24.6. The summed E-state index contributed by atoms with van der Waals surface area (Å²) in [4.78, 5) is 31.1. The van der Waals surface area contributed by atoms with E-state index in [1.54, 1.807) is 54.9 Å². The molecule has 0 atom stereocenters. The van der Waals surface area contributed by atoms with E-state index < -0.39 is 11.7 Å². The maximum absolute atomic E-state index is 13.8. The van der Waals surface area contributed by atoms with Crippen LogP contribution in [0.25, 0.3) is 0 Å². The second-order valence-corrected chi connectivity index (χ2v) is 8.01. The number of nitrogens with zero attached hydrogens (tertiary/aromatic N) is 2. The molecule has 0 saturated carbocycles. The highest BCUT2D eigenvalue weighted by molar-refractivity contribution is 6.06. The van der Waals surface area contributed by atoms with E-state index in [2.05, 4.69) is 10.3 Å². The molecule has 0 radical (unpaired) electrons. The number of hydrogen-bond donors (Lipinski definition) is 1. The summed E-state index contributed by atoms with van der Waals surface area (Å²) in [6.07, 6.45) is 3.54. The van der Waals surface area contributed by atoms with Crippen molar-refractivity contribution in [3.05, 3.63) is 131 Å². The lowest BCUT2D eigenvalue weighted by molar-refractivity contribution is -0.120. The van der Waals surface area contributed by atoms with E-state index in [9.17, 15) is 18.4 Å². The number of hydrogen-bond acceptors (Lipinski definition) is 3. The molecule has 2 amide bonds. The summed E-state index contributed by atoms with van der Waals surface area (Å²) in [7, 11) is 0. The monoisotopic (exact) mass is 471 g/mol. The van der Waals surface area contributed by atoms with Gasteiger partial charge in [0.1, 0.15) is 11.6 Å². The molecule has 7 heteroatoms. The van der Waals surface area contributed by atoms with Crippen molar-refractivity contribution in [2.75, 3.05) is 4.90 Å². The van der Waals surface area contributed by atoms with Crippen LogP contribution in [0.3, 0.4) is 0 Å². The van der Waals surface area contributed by atoms with Crippen molar-refractivity contribution in [1.82, 2.24) is 10.3 Å². The van der Waals surface area contributed by atoms with Crippen LogP contribution in [0.15, 0.2) is 97.3 Å². The Hall–Kier alpha value is -4.39. The van der Waals surface area contributed by atoms with Gasteiger partial charge in [-0.2, -0.15) is 0 Å². The molecule has 3 aromatic carbocycles. The molecule has 0 saturated heterocycles. The largest absolute Gasteiger partial charge is 0.352 e. The van der Waals surface area contributed by atoms with Gasteiger partial charge in [0.05, 0.1) is 13.0 Å². The van der Waals surface area contributed by atoms with Gasteiger partial charge in [-0.15, -0.1) is 0 Å². The Bertz CT molecular complexity index is 1290. The Morgan fingerprint density at radius 3 is 2.23 bits per heavy atom. The van der Waals surface area contributed by atoms with Gasteiger partial charge in [-0.25, -0.2) is 8.78 Å². The minimum absolute atomic E-state index is 0.138. The molecule has 1 N–H and O–H groups in total. The van der Waals surface area contributed by atoms with E-state index in [4.69, 9.17) is 0 Å². The fourth-order valence-corrected chi connectivity index (χ4v) is 3.58. The first kappa shape index (κ1) is 23.8. The van der Waals surface area contributed by atoms with Crippen molar-refractivity contribution >= 4 is 17.5 Å². The molecule has 176 valence electrons. The van der Waals surface area contributed by atoms with Gasteiger partial charge >= 0.3 is 0 Å². The van der Waals surface area contributed by atoms with Crippen molar-refractivity contribution in [1.29, 1.82) is 0 Å². The molecule has 1 heterocycles. The van der Waals surface area contributed by atoms with Crippen molar-refractivity contribution in [2.24, 2.45) is 0 Å². The first-order valence-electron chi connectivity index (χ1n) is 11.0. The molecule has 0 unspecified atom stereocenters. The first-order valence-corrected chi connectivity index (χ1v) is 11.0. The topological polar surface area (TPSA) is 62.3 Å². The minimum atomic E-state index is -0.509. The standard InChI is InChI=1S/C28H23F2N3O2/c29-24-10-6-21(7-11-24)19-33(28(35)23-4-1-5-25(30)16-23)26-12-8-20(9-13-26)15-27(34)32-18-22-3-2-14-31-17-22/h1-14,16-17H,15,18-19H2,(H,32,34). The maximum atomic E-state index is 13.8. The maximum Gasteiger partial charge on any atom is 0.258 e. The first-order chi connectivity index (χ1) is 17.0. The number of halogens is 2. The number of carbonyl (C=O) groups excluding carboxylic acids is 2. The van der Waals surface area contributed by atoms with E-state index in [0.29, 0.717) is 12.2 Å². The molecule has 0 aliphatic rings. The highest BCUT2D eigenvalue weighted by Crippen LogP contribution is 2.22. The summed E-state index contributed by atoms with van der Waals surface area (Å²) in [5, 5.41) is 2.86. The molecule has 1 aromatic heterocycles. The van der Waals surface area contributed by atoms with Gasteiger partial charge in [-0.3, -0.25) is 14.6 Å². The summed E-state index contributed by atoms with van der Waals surface area (Å²) in [6, 6.07) is 22.0. The van der Waals surface area contributed by atoms with E-state index >= 15 is 0 Å². The van der Waals surface area contributed by atoms with Crippen molar-refractivity contribution in [3.63, 3.8) is 0 Å². The molecular formula is C28H23F2N3O2. The van der Waals surface area contributed by atoms with Crippen LogP contribution in [0.4, 0.5) is 14.5 Å². The zero-order valence-electron chi connectivity index (χ0n) is 18.8. The van der Waals surface area contributed by atoms with Crippen LogP contribution in [0.1, 0.15) is 27.0 Å². The Kier molecular flexibility index (Phi) is 7.57. The van der Waals surface area contributed by atoms with Crippen LogP contribution in [0.5, 0.6) is 0 Å². The summed E-state index contributed by atoms with van der Waals surface area (Å²) in [5.74, 6) is -1.41. The van der Waals surface area contributed by atoms with E-state index in [1.807, 2.05) is 12.1 Å². The van der Waals surface area contributed by atoms with Gasteiger partial charge in [0.15, 0.2) is 0 Å². The molecular weight excluding hydrogens is 448 g/mol. The second-order valence-electron chi connectivity index (χ2n) is 8.01. The van der Waals surface area contributed by atoms with E-state index in [-0.39, 0.29) is 30.3 Å². The highest BCUT2D eigenvalue weighted by atomic mass is 19.1. The third-order valence-electron chi connectivity index (χ3n) is 5.40. The normalized spacial score (nSPS) is 10.6. The number of anilines is 1. The number of nitrogens with one attached hydrogen (secondary N) is 1. The van der Waals surface area contributed by atoms with Crippen molar-refractivity contribution in [3.8, 4) is 0 Å². The third kappa shape index (κ3) is 6.57. The van der Waals surface area contributed by atoms with Crippen LogP contribution < -0.4 is 10.2 Å². The number of carbonyl (C=O) groups is 2. The predicted octanol–water partition coefficient (Wildman–Crippen LogP) is 5.07. The van der Waals surface area contributed by atoms with Gasteiger partial charge in [-0.05, 0) is 65.2 Å². The lowest BCUT2D eigenvalue weighted by atomic mass is 10.1. The van der Waals surface area contributed by atoms with Gasteiger partial charge in [0.2, 0.25) is 5.91 Å². The molecule has 35 heavy (non-hydrogen) atoms. The molecule has 0 spiro atoms. The predicted molar refractivity (Wildman–Crippen MR) is 130 cm³/mol. The average Bonchev–Trinajstić information content (AvgIpc) is 2.88. The lowest BCUT2D eigenvalue weighted by Gasteiger charge is -2.23. The van der Waals surface area contributed by atoms with E-state index in [0.717, 1.165) is 16.7 Å². The van der Waals surface area contributed by atoms with Crippen molar-refractivity contribution < 1.29 is 18.4 Å². The number of pyridine rings is 1. The summed E-state index contributed by atoms with van der Waals surface area (Å²) in [6.45, 7) is 0.554. The number of rotatable bonds is 8. The SMILES string of the molecule is O=C(Cc1ccc(N(Cc2ccc(F)cc2)C(=O)c2cccc(F)c2)cc1)NCc1cccnc1. The fourth-order valence-electron chi connectivity index (χ4n) is 3.58. The third-order valence-corrected chi connectivity index (χ3v) is 5.40. The molecule has 4 aromatic rings. The van der Waals surface area contributed by atoms with Gasteiger partial charge in [0, 0.05) is 30.2 Å². The molecule has 0 fully saturated rings. The summed E-state index contributed by atoms with van der Waals surface area (Å²) in [5.41, 5.74) is 3.17. The number of benzene rings is 3. The Labute approximate surface area is 202 Å². The molecule has 0 aliphatic carbocycles. The van der Waals surface area contributed by atoms with Gasteiger partial charge in [0.25, 0.3) is 5.91 Å². The highest BCUT2D eigenvalue weighted by Gasteiger charge is 2.19. The van der Waals surface area contributed by atoms with Crippen LogP contribution in [0.2, 0.25) is 0 Å². The smallest absolute Gasteiger partial charge is 0.258 e. The number of amides is 2. The molecule has 5 nitrogen and oxygen atoms in total. The quantitative estimate of drug-likeness (QED) is 0.391.